The molecule has 0 saturated carbocycles. The van der Waals surface area contributed by atoms with Crippen LogP contribution in [0, 0.1) is 5.41 Å². The van der Waals surface area contributed by atoms with Gasteiger partial charge in [-0.3, -0.25) is 28.8 Å². The number of amides is 6. The highest BCUT2D eigenvalue weighted by Crippen LogP contribution is 2.37. The molecular weight excluding hydrogens is 917 g/mol. The van der Waals surface area contributed by atoms with Crippen molar-refractivity contribution in [3.8, 4) is 0 Å². The molecule has 9 atom stereocenters. The number of benzene rings is 3. The van der Waals surface area contributed by atoms with E-state index < -0.39 is 52.3 Å². The molecule has 0 bridgehead atoms. The van der Waals surface area contributed by atoms with Crippen LogP contribution < -0.4 is 37.2 Å². The molecule has 0 spiro atoms. The predicted octanol–water partition coefficient (Wildman–Crippen LogP) is 4.52. The summed E-state index contributed by atoms with van der Waals surface area (Å²) in [6, 6.07) is 18.6. The standard InChI is InChI=1S/C55H78N8O7S/c1-33(56-8)48(65)61-46(55(6,7)71-29-28-64)52(69)60-44(50(67)58-42-22-14-18-37-16-10-12-20-40(37)42)30-35-24-26-36(27-25-35)39-31-45(51(68)59-43-23-15-19-38-17-11-13-21-41(38)43)63(32-39)53(70)47(54(3,4)5)62-49(66)34(2)57-9/h10-13,16-17,20-21,24-27,33-34,39,42-47,56-57,64H,14-15,18-19,22-23,28-32H2,1-9H3,(H,58,67)(H,59,68)(H,60,69)(H,61,65)(H,62,66)/t33-,34-,39-,42+,43+,44-,45-,46?,47+/m0/s1. The number of likely N-dealkylation sites (tertiary alicyclic amines) is 1. The third-order valence-corrected chi connectivity index (χ3v) is 16.0. The van der Waals surface area contributed by atoms with E-state index in [0.717, 1.165) is 60.8 Å². The molecule has 6 rings (SSSR count). The molecule has 1 fully saturated rings. The van der Waals surface area contributed by atoms with Crippen molar-refractivity contribution in [3.05, 3.63) is 106 Å². The molecule has 1 unspecified atom stereocenters. The van der Waals surface area contributed by atoms with Crippen molar-refractivity contribution in [1.82, 2.24) is 42.1 Å². The van der Waals surface area contributed by atoms with E-state index in [2.05, 4.69) is 55.4 Å². The lowest BCUT2D eigenvalue weighted by atomic mass is 9.85. The van der Waals surface area contributed by atoms with Crippen LogP contribution in [0.3, 0.4) is 0 Å². The molecule has 8 N–H and O–H groups in total. The van der Waals surface area contributed by atoms with Crippen LogP contribution in [-0.2, 0) is 48.0 Å². The first-order valence-electron chi connectivity index (χ1n) is 25.4. The van der Waals surface area contributed by atoms with E-state index >= 15 is 0 Å². The van der Waals surface area contributed by atoms with Gasteiger partial charge in [0.25, 0.3) is 0 Å². The second kappa shape index (κ2) is 24.4. The zero-order chi connectivity index (χ0) is 51.6. The van der Waals surface area contributed by atoms with Crippen LogP contribution in [-0.4, -0.2) is 119 Å². The Morgan fingerprint density at radius 2 is 1.23 bits per heavy atom. The summed E-state index contributed by atoms with van der Waals surface area (Å²) in [5.74, 6) is -2.04. The van der Waals surface area contributed by atoms with Gasteiger partial charge in [-0.15, -0.1) is 0 Å². The minimum Gasteiger partial charge on any atom is -0.396 e. The molecule has 1 heterocycles. The van der Waals surface area contributed by atoms with Gasteiger partial charge in [-0.1, -0.05) is 93.6 Å². The molecule has 1 saturated heterocycles. The molecule has 15 nitrogen and oxygen atoms in total. The third-order valence-electron chi connectivity index (χ3n) is 14.6. The first kappa shape index (κ1) is 55.0. The molecule has 6 amide bonds. The van der Waals surface area contributed by atoms with E-state index in [4.69, 9.17) is 0 Å². The van der Waals surface area contributed by atoms with Gasteiger partial charge < -0.3 is 47.2 Å². The summed E-state index contributed by atoms with van der Waals surface area (Å²) in [4.78, 5) is 86.7. The van der Waals surface area contributed by atoms with Crippen molar-refractivity contribution < 1.29 is 33.9 Å². The average Bonchev–Trinajstić information content (AvgIpc) is 3.81. The maximum Gasteiger partial charge on any atom is 0.246 e. The molecule has 3 aromatic rings. The Bertz CT molecular complexity index is 2350. The highest BCUT2D eigenvalue weighted by Gasteiger charge is 2.46. The molecule has 386 valence electrons. The van der Waals surface area contributed by atoms with Gasteiger partial charge in [0.1, 0.15) is 24.2 Å². The number of aliphatic hydroxyl groups is 1. The number of rotatable bonds is 20. The molecule has 2 aliphatic carbocycles. The summed E-state index contributed by atoms with van der Waals surface area (Å²) in [5.41, 5.74) is 5.53. The second-order valence-corrected chi connectivity index (χ2v) is 22.9. The molecule has 0 aromatic heterocycles. The van der Waals surface area contributed by atoms with Crippen molar-refractivity contribution in [1.29, 1.82) is 0 Å². The van der Waals surface area contributed by atoms with E-state index in [1.165, 1.54) is 22.9 Å². The van der Waals surface area contributed by atoms with Crippen molar-refractivity contribution in [2.24, 2.45) is 5.41 Å². The summed E-state index contributed by atoms with van der Waals surface area (Å²) in [7, 11) is 3.35. The van der Waals surface area contributed by atoms with E-state index in [1.54, 1.807) is 32.8 Å². The number of nitrogens with one attached hydrogen (secondary N) is 7. The minimum atomic E-state index is -1.06. The molecule has 1 aliphatic heterocycles. The van der Waals surface area contributed by atoms with Crippen LogP contribution in [0.4, 0.5) is 0 Å². The molecule has 3 aliphatic rings. The number of nitrogens with zero attached hydrogens (tertiary/aromatic N) is 1. The van der Waals surface area contributed by atoms with Gasteiger partial charge in [-0.25, -0.2) is 0 Å². The lowest BCUT2D eigenvalue weighted by molar-refractivity contribution is -0.144. The minimum absolute atomic E-state index is 0.113. The normalized spacial score (nSPS) is 21.0. The lowest BCUT2D eigenvalue weighted by Crippen LogP contribution is -2.62. The SMILES string of the molecule is CN[C@@H](C)C(=O)NC(C(=O)N[C@@H](Cc1ccc([C@H]2C[C@@H](C(=O)N[C@@H]3CCCc4ccccc43)N(C(=O)[C@@H](NC(=O)[C@H](C)NC)C(C)(C)C)C2)cc1)C(=O)N[C@@H]1CCCc2ccccc21)C(C)(C)SCCO. The largest absolute Gasteiger partial charge is 0.396 e. The van der Waals surface area contributed by atoms with Crippen LogP contribution in [0.2, 0.25) is 0 Å². The van der Waals surface area contributed by atoms with E-state index in [9.17, 15) is 33.9 Å². The Morgan fingerprint density at radius 1 is 0.690 bits per heavy atom. The zero-order valence-corrected chi connectivity index (χ0v) is 44.0. The number of hydrogen-bond donors (Lipinski definition) is 8. The number of carbonyl (C=O) groups is 6. The van der Waals surface area contributed by atoms with Gasteiger partial charge in [0.2, 0.25) is 35.4 Å². The lowest BCUT2D eigenvalue weighted by Gasteiger charge is -2.36. The van der Waals surface area contributed by atoms with Crippen molar-refractivity contribution in [2.75, 3.05) is 33.0 Å². The average molecular weight is 995 g/mol. The molecule has 16 heteroatoms. The van der Waals surface area contributed by atoms with Gasteiger partial charge in [0, 0.05) is 29.4 Å². The van der Waals surface area contributed by atoms with Gasteiger partial charge >= 0.3 is 0 Å². The first-order chi connectivity index (χ1) is 33.8. The molecular formula is C55H78N8O7S. The maximum absolute atomic E-state index is 14.8. The summed E-state index contributed by atoms with van der Waals surface area (Å²) >= 11 is 1.35. The van der Waals surface area contributed by atoms with E-state index in [-0.39, 0.29) is 67.1 Å². The number of fused-ring (bicyclic) bond motifs is 2. The first-order valence-corrected chi connectivity index (χ1v) is 26.4. The number of aliphatic hydroxyl groups excluding tert-OH is 1. The van der Waals surface area contributed by atoms with E-state index in [1.807, 2.05) is 89.2 Å². The van der Waals surface area contributed by atoms with Crippen LogP contribution >= 0.6 is 11.8 Å². The summed E-state index contributed by atoms with van der Waals surface area (Å²) in [6.45, 7) is 12.9. The van der Waals surface area contributed by atoms with E-state index in [0.29, 0.717) is 12.2 Å². The van der Waals surface area contributed by atoms with Gasteiger partial charge in [0.15, 0.2) is 0 Å². The molecule has 0 radical (unpaired) electrons. The molecule has 71 heavy (non-hydrogen) atoms. The highest BCUT2D eigenvalue weighted by atomic mass is 32.2. The fourth-order valence-corrected chi connectivity index (χ4v) is 11.1. The topological polar surface area (TPSA) is 210 Å². The Hall–Kier alpha value is -5.29. The van der Waals surface area contributed by atoms with Gasteiger partial charge in [-0.05, 0) is 126 Å². The monoisotopic (exact) mass is 995 g/mol. The number of likely N-dealkylation sites (N-methyl/N-ethyl adjacent to an activating group) is 2. The van der Waals surface area contributed by atoms with Crippen molar-refractivity contribution in [3.63, 3.8) is 0 Å². The molecule has 3 aromatic carbocycles. The second-order valence-electron chi connectivity index (χ2n) is 21.2. The van der Waals surface area contributed by atoms with Crippen LogP contribution in [0.5, 0.6) is 0 Å². The fraction of sp³-hybridized carbons (Fsp3) is 0.564. The van der Waals surface area contributed by atoms with Crippen LogP contribution in [0.25, 0.3) is 0 Å². The Labute approximate surface area is 425 Å². The van der Waals surface area contributed by atoms with Crippen LogP contribution in [0.1, 0.15) is 132 Å². The number of carbonyl (C=O) groups excluding carboxylic acids is 6. The highest BCUT2D eigenvalue weighted by molar-refractivity contribution is 8.00. The number of hydrogen-bond acceptors (Lipinski definition) is 10. The van der Waals surface area contributed by atoms with Gasteiger partial charge in [0.05, 0.1) is 30.8 Å². The van der Waals surface area contributed by atoms with Crippen LogP contribution in [0.15, 0.2) is 72.8 Å². The van der Waals surface area contributed by atoms with Gasteiger partial charge in [-0.2, -0.15) is 11.8 Å². The maximum atomic E-state index is 14.8. The summed E-state index contributed by atoms with van der Waals surface area (Å²) in [5, 5.41) is 31.1. The predicted molar refractivity (Wildman–Crippen MR) is 279 cm³/mol. The Balaban J connectivity index is 1.28. The number of aryl methyl sites for hydroxylation is 2. The fourth-order valence-electron chi connectivity index (χ4n) is 10.1. The van der Waals surface area contributed by atoms with Crippen molar-refractivity contribution in [2.45, 2.75) is 159 Å². The third kappa shape index (κ3) is 13.8. The Kier molecular flexibility index (Phi) is 18.9. The quantitative estimate of drug-likeness (QED) is 0.0794. The number of thioether (sulfide) groups is 1. The summed E-state index contributed by atoms with van der Waals surface area (Å²) in [6.07, 6.45) is 5.71. The zero-order valence-electron chi connectivity index (χ0n) is 43.2. The van der Waals surface area contributed by atoms with Crippen molar-refractivity contribution >= 4 is 47.2 Å². The summed E-state index contributed by atoms with van der Waals surface area (Å²) < 4.78 is -0.864. The smallest absolute Gasteiger partial charge is 0.246 e. The Morgan fingerprint density at radius 3 is 1.76 bits per heavy atom.